The molecule has 3 aromatic rings. The van der Waals surface area contributed by atoms with E-state index in [9.17, 15) is 4.79 Å². The van der Waals surface area contributed by atoms with E-state index in [1.807, 2.05) is 37.3 Å². The third kappa shape index (κ3) is 4.74. The van der Waals surface area contributed by atoms with Crippen LogP contribution in [0.2, 0.25) is 0 Å². The molecule has 0 atom stereocenters. The summed E-state index contributed by atoms with van der Waals surface area (Å²) in [5, 5.41) is 6.15. The van der Waals surface area contributed by atoms with E-state index in [2.05, 4.69) is 39.3 Å². The summed E-state index contributed by atoms with van der Waals surface area (Å²) >= 11 is 0. The lowest BCUT2D eigenvalue weighted by Gasteiger charge is -2.21. The van der Waals surface area contributed by atoms with Crippen molar-refractivity contribution in [2.45, 2.75) is 20.8 Å². The van der Waals surface area contributed by atoms with E-state index in [0.29, 0.717) is 41.9 Å². The zero-order chi connectivity index (χ0) is 22.5. The number of hydrogen-bond acceptors (Lipinski definition) is 7. The molecule has 0 unspecified atom stereocenters. The maximum Gasteiger partial charge on any atom is 0.259 e. The van der Waals surface area contributed by atoms with Crippen LogP contribution in [-0.4, -0.2) is 42.2 Å². The van der Waals surface area contributed by atoms with Crippen molar-refractivity contribution in [2.24, 2.45) is 0 Å². The van der Waals surface area contributed by atoms with Crippen molar-refractivity contribution in [1.29, 1.82) is 0 Å². The molecule has 166 valence electrons. The molecule has 8 nitrogen and oxygen atoms in total. The van der Waals surface area contributed by atoms with Gasteiger partial charge in [-0.1, -0.05) is 6.07 Å². The average molecular weight is 434 g/mol. The van der Waals surface area contributed by atoms with Gasteiger partial charge in [0.1, 0.15) is 19.0 Å². The maximum atomic E-state index is 12.8. The fourth-order valence-corrected chi connectivity index (χ4v) is 3.53. The number of hydrogen-bond donors (Lipinski definition) is 2. The van der Waals surface area contributed by atoms with Gasteiger partial charge in [-0.3, -0.25) is 4.79 Å². The minimum Gasteiger partial charge on any atom is -0.486 e. The summed E-state index contributed by atoms with van der Waals surface area (Å²) in [5.41, 5.74) is 2.84. The Morgan fingerprint density at radius 2 is 1.72 bits per heavy atom. The number of ether oxygens (including phenoxy) is 2. The molecule has 0 aliphatic carbocycles. The summed E-state index contributed by atoms with van der Waals surface area (Å²) in [6.45, 7) is 8.82. The highest BCUT2D eigenvalue weighted by atomic mass is 16.6. The molecular weight excluding hydrogens is 406 g/mol. The van der Waals surface area contributed by atoms with Gasteiger partial charge in [-0.15, -0.1) is 0 Å². The number of benzene rings is 2. The largest absolute Gasteiger partial charge is 0.486 e. The number of anilines is 4. The van der Waals surface area contributed by atoms with Crippen LogP contribution in [0.3, 0.4) is 0 Å². The molecule has 1 aliphatic rings. The first-order chi connectivity index (χ1) is 15.6. The number of rotatable bonds is 7. The Bertz CT molecular complexity index is 1100. The molecule has 0 spiro atoms. The number of nitrogens with zero attached hydrogens (tertiary/aromatic N) is 3. The van der Waals surface area contributed by atoms with Crippen molar-refractivity contribution in [2.75, 3.05) is 41.8 Å². The van der Waals surface area contributed by atoms with Gasteiger partial charge in [0.05, 0.1) is 5.56 Å². The van der Waals surface area contributed by atoms with Crippen molar-refractivity contribution < 1.29 is 14.3 Å². The predicted octanol–water partition coefficient (Wildman–Crippen LogP) is 4.40. The summed E-state index contributed by atoms with van der Waals surface area (Å²) in [4.78, 5) is 24.1. The van der Waals surface area contributed by atoms with Crippen LogP contribution in [0.4, 0.5) is 23.1 Å². The molecule has 0 saturated carbocycles. The van der Waals surface area contributed by atoms with Gasteiger partial charge >= 0.3 is 0 Å². The summed E-state index contributed by atoms with van der Waals surface area (Å²) in [7, 11) is 0. The molecule has 0 fully saturated rings. The smallest absolute Gasteiger partial charge is 0.259 e. The van der Waals surface area contributed by atoms with Crippen LogP contribution in [0.5, 0.6) is 11.5 Å². The third-order valence-corrected chi connectivity index (χ3v) is 5.14. The Balaban J connectivity index is 1.46. The number of carbonyl (C=O) groups is 1. The minimum absolute atomic E-state index is 0.251. The van der Waals surface area contributed by atoms with Gasteiger partial charge in [0.15, 0.2) is 11.5 Å². The molecule has 32 heavy (non-hydrogen) atoms. The van der Waals surface area contributed by atoms with Crippen LogP contribution < -0.4 is 25.0 Å². The van der Waals surface area contributed by atoms with Crippen LogP contribution in [0, 0.1) is 6.92 Å². The van der Waals surface area contributed by atoms with Crippen LogP contribution in [-0.2, 0) is 0 Å². The van der Waals surface area contributed by atoms with Gasteiger partial charge in [-0.05, 0) is 57.2 Å². The Labute approximate surface area is 187 Å². The van der Waals surface area contributed by atoms with E-state index >= 15 is 0 Å². The van der Waals surface area contributed by atoms with E-state index in [1.165, 1.54) is 0 Å². The highest BCUT2D eigenvalue weighted by molar-refractivity contribution is 6.06. The van der Waals surface area contributed by atoms with Crippen molar-refractivity contribution in [3.05, 3.63) is 59.8 Å². The fraction of sp³-hybridized carbons (Fsp3) is 0.292. The van der Waals surface area contributed by atoms with Gasteiger partial charge in [0, 0.05) is 36.2 Å². The summed E-state index contributed by atoms with van der Waals surface area (Å²) < 4.78 is 11.2. The summed E-state index contributed by atoms with van der Waals surface area (Å²) in [6.07, 6.45) is 0. The lowest BCUT2D eigenvalue weighted by molar-refractivity contribution is 0.101. The number of nitrogens with one attached hydrogen (secondary N) is 2. The quantitative estimate of drug-likeness (QED) is 0.571. The molecule has 1 aliphatic heterocycles. The van der Waals surface area contributed by atoms with Crippen molar-refractivity contribution in [3.8, 4) is 11.5 Å². The van der Waals surface area contributed by atoms with Gasteiger partial charge < -0.3 is 25.0 Å². The van der Waals surface area contributed by atoms with Gasteiger partial charge in [-0.2, -0.15) is 4.98 Å². The van der Waals surface area contributed by atoms with Crippen LogP contribution in [0.1, 0.15) is 29.9 Å². The molecular formula is C24H27N5O3. The van der Waals surface area contributed by atoms with Gasteiger partial charge in [0.2, 0.25) is 5.95 Å². The standard InChI is InChI=1S/C24H27N5O3/c1-4-29(5-2)21-15-16(3)25-24(28-21)27-18-11-9-17(10-12-18)26-23(30)19-7-6-8-20-22(19)32-14-13-31-20/h6-12,15H,4-5,13-14H2,1-3H3,(H,26,30)(H,25,27,28). The number of fused-ring (bicyclic) bond motifs is 1. The Hall–Kier alpha value is -3.81. The maximum absolute atomic E-state index is 12.8. The highest BCUT2D eigenvalue weighted by Crippen LogP contribution is 2.34. The predicted molar refractivity (Wildman–Crippen MR) is 125 cm³/mol. The molecule has 1 aromatic heterocycles. The Kier molecular flexibility index (Phi) is 6.39. The topological polar surface area (TPSA) is 88.6 Å². The first-order valence-electron chi connectivity index (χ1n) is 10.7. The lowest BCUT2D eigenvalue weighted by Crippen LogP contribution is -2.23. The van der Waals surface area contributed by atoms with Crippen molar-refractivity contribution in [1.82, 2.24) is 9.97 Å². The van der Waals surface area contributed by atoms with E-state index in [-0.39, 0.29) is 5.91 Å². The van der Waals surface area contributed by atoms with E-state index < -0.39 is 0 Å². The van der Waals surface area contributed by atoms with Gasteiger partial charge in [-0.25, -0.2) is 4.98 Å². The Morgan fingerprint density at radius 1 is 1.00 bits per heavy atom. The summed E-state index contributed by atoms with van der Waals surface area (Å²) in [6, 6.07) is 14.7. The third-order valence-electron chi connectivity index (χ3n) is 5.14. The van der Waals surface area contributed by atoms with E-state index in [4.69, 9.17) is 9.47 Å². The number of aromatic nitrogens is 2. The van der Waals surface area contributed by atoms with Crippen LogP contribution in [0.25, 0.3) is 0 Å². The first kappa shape index (κ1) is 21.4. The van der Waals surface area contributed by atoms with Crippen molar-refractivity contribution >= 4 is 29.0 Å². The second kappa shape index (κ2) is 9.55. The molecule has 1 amide bonds. The van der Waals surface area contributed by atoms with E-state index in [0.717, 1.165) is 30.3 Å². The molecule has 0 saturated heterocycles. The molecule has 2 N–H and O–H groups in total. The molecule has 4 rings (SSSR count). The zero-order valence-electron chi connectivity index (χ0n) is 18.5. The Morgan fingerprint density at radius 3 is 2.47 bits per heavy atom. The van der Waals surface area contributed by atoms with Gasteiger partial charge in [0.25, 0.3) is 5.91 Å². The highest BCUT2D eigenvalue weighted by Gasteiger charge is 2.20. The molecule has 0 radical (unpaired) electrons. The second-order valence-corrected chi connectivity index (χ2v) is 7.35. The molecule has 0 bridgehead atoms. The molecule has 8 heteroatoms. The minimum atomic E-state index is -0.251. The first-order valence-corrected chi connectivity index (χ1v) is 10.7. The van der Waals surface area contributed by atoms with E-state index in [1.54, 1.807) is 18.2 Å². The summed E-state index contributed by atoms with van der Waals surface area (Å²) in [5.74, 6) is 2.25. The SMILES string of the molecule is CCN(CC)c1cc(C)nc(Nc2ccc(NC(=O)c3cccc4c3OCCO4)cc2)n1. The number of para-hydroxylation sites is 1. The fourth-order valence-electron chi connectivity index (χ4n) is 3.53. The monoisotopic (exact) mass is 433 g/mol. The normalized spacial score (nSPS) is 12.2. The lowest BCUT2D eigenvalue weighted by atomic mass is 10.1. The zero-order valence-corrected chi connectivity index (χ0v) is 18.5. The van der Waals surface area contributed by atoms with Crippen LogP contribution >= 0.6 is 0 Å². The molecule has 2 heterocycles. The number of aryl methyl sites for hydroxylation is 1. The number of amides is 1. The second-order valence-electron chi connectivity index (χ2n) is 7.35. The number of carbonyl (C=O) groups excluding carboxylic acids is 1. The van der Waals surface area contributed by atoms with Crippen LogP contribution in [0.15, 0.2) is 48.5 Å². The van der Waals surface area contributed by atoms with Crippen molar-refractivity contribution in [3.63, 3.8) is 0 Å². The molecule has 2 aromatic carbocycles. The average Bonchev–Trinajstić information content (AvgIpc) is 2.80.